The van der Waals surface area contributed by atoms with Crippen molar-refractivity contribution in [2.24, 2.45) is 0 Å². The minimum absolute atomic E-state index is 0.0296. The Morgan fingerprint density at radius 2 is 2.17 bits per heavy atom. The summed E-state index contributed by atoms with van der Waals surface area (Å²) in [4.78, 5) is 14.2. The summed E-state index contributed by atoms with van der Waals surface area (Å²) in [6, 6.07) is 7.45. The monoisotopic (exact) mass is 265 g/mol. The smallest absolute Gasteiger partial charge is 0.268 e. The van der Waals surface area contributed by atoms with Crippen molar-refractivity contribution in [3.8, 4) is 11.5 Å². The van der Waals surface area contributed by atoms with Crippen molar-refractivity contribution in [2.75, 3.05) is 18.9 Å². The number of amides is 1. The molecule has 2 heterocycles. The van der Waals surface area contributed by atoms with Gasteiger partial charge in [0.1, 0.15) is 6.61 Å². The fourth-order valence-corrected chi connectivity index (χ4v) is 3.24. The molecule has 0 saturated carbocycles. The molecule has 0 bridgehead atoms. The maximum absolute atomic E-state index is 12.3. The molecule has 0 aliphatic carbocycles. The van der Waals surface area contributed by atoms with Gasteiger partial charge in [-0.1, -0.05) is 12.1 Å². The minimum Gasteiger partial charge on any atom is -0.485 e. The Labute approximate surface area is 110 Å². The molecule has 2 unspecified atom stereocenters. The van der Waals surface area contributed by atoms with Crippen LogP contribution in [0.3, 0.4) is 0 Å². The van der Waals surface area contributed by atoms with Crippen molar-refractivity contribution in [1.29, 1.82) is 0 Å². The van der Waals surface area contributed by atoms with Gasteiger partial charge in [0, 0.05) is 12.3 Å². The van der Waals surface area contributed by atoms with E-state index in [2.05, 4.69) is 0 Å². The molecule has 2 aliphatic rings. The van der Waals surface area contributed by atoms with Gasteiger partial charge in [-0.25, -0.2) is 0 Å². The second kappa shape index (κ2) is 4.72. The van der Waals surface area contributed by atoms with Crippen LogP contribution in [0.1, 0.15) is 6.92 Å². The molecule has 3 rings (SSSR count). The molecule has 0 N–H and O–H groups in total. The summed E-state index contributed by atoms with van der Waals surface area (Å²) in [5.41, 5.74) is 0. The van der Waals surface area contributed by atoms with E-state index in [0.717, 1.165) is 12.3 Å². The molecule has 96 valence electrons. The van der Waals surface area contributed by atoms with Gasteiger partial charge in [-0.2, -0.15) is 0 Å². The third-order valence-electron chi connectivity index (χ3n) is 3.20. The Kier molecular flexibility index (Phi) is 3.07. The molecule has 0 spiro atoms. The zero-order valence-electron chi connectivity index (χ0n) is 10.2. The molecular formula is C13H15NO3S. The third kappa shape index (κ3) is 2.03. The van der Waals surface area contributed by atoms with Crippen molar-refractivity contribution in [2.45, 2.75) is 18.4 Å². The summed E-state index contributed by atoms with van der Waals surface area (Å²) >= 11 is 1.79. The van der Waals surface area contributed by atoms with E-state index in [-0.39, 0.29) is 11.3 Å². The maximum Gasteiger partial charge on any atom is 0.268 e. The summed E-state index contributed by atoms with van der Waals surface area (Å²) in [6.45, 7) is 3.14. The molecule has 1 amide bonds. The molecule has 4 nitrogen and oxygen atoms in total. The van der Waals surface area contributed by atoms with Crippen LogP contribution in [0.2, 0.25) is 0 Å². The summed E-state index contributed by atoms with van der Waals surface area (Å²) in [5.74, 6) is 2.39. The number of para-hydroxylation sites is 2. The summed E-state index contributed by atoms with van der Waals surface area (Å²) in [7, 11) is 0. The zero-order chi connectivity index (χ0) is 12.5. The Balaban J connectivity index is 1.74. The summed E-state index contributed by atoms with van der Waals surface area (Å²) in [5, 5.41) is 0.235. The number of carbonyl (C=O) groups is 1. The van der Waals surface area contributed by atoms with Crippen LogP contribution in [0.25, 0.3) is 0 Å². The second-order valence-corrected chi connectivity index (χ2v) is 5.79. The molecule has 0 radical (unpaired) electrons. The SMILES string of the molecule is CC1SCCN1C(=O)C1COc2ccccc2O1. The fourth-order valence-electron chi connectivity index (χ4n) is 2.21. The van der Waals surface area contributed by atoms with E-state index < -0.39 is 6.10 Å². The minimum atomic E-state index is -0.513. The molecule has 18 heavy (non-hydrogen) atoms. The van der Waals surface area contributed by atoms with Crippen LogP contribution < -0.4 is 9.47 Å². The van der Waals surface area contributed by atoms with E-state index in [1.165, 1.54) is 0 Å². The van der Waals surface area contributed by atoms with Gasteiger partial charge in [-0.05, 0) is 19.1 Å². The standard InChI is InChI=1S/C13H15NO3S/c1-9-14(6-7-18-9)13(15)12-8-16-10-4-2-3-5-11(10)17-12/h2-5,9,12H,6-8H2,1H3. The van der Waals surface area contributed by atoms with Crippen molar-refractivity contribution in [3.63, 3.8) is 0 Å². The van der Waals surface area contributed by atoms with Gasteiger partial charge in [-0.3, -0.25) is 4.79 Å². The van der Waals surface area contributed by atoms with Gasteiger partial charge in [0.25, 0.3) is 5.91 Å². The molecule has 1 aromatic carbocycles. The van der Waals surface area contributed by atoms with Gasteiger partial charge in [0.2, 0.25) is 6.10 Å². The first-order chi connectivity index (χ1) is 8.75. The van der Waals surface area contributed by atoms with Crippen LogP contribution in [-0.2, 0) is 4.79 Å². The number of carbonyl (C=O) groups excluding carboxylic acids is 1. The topological polar surface area (TPSA) is 38.8 Å². The molecule has 5 heteroatoms. The van der Waals surface area contributed by atoms with Crippen LogP contribution in [0.4, 0.5) is 0 Å². The summed E-state index contributed by atoms with van der Waals surface area (Å²) in [6.07, 6.45) is -0.513. The highest BCUT2D eigenvalue weighted by Gasteiger charge is 2.35. The van der Waals surface area contributed by atoms with Crippen LogP contribution in [0.15, 0.2) is 24.3 Å². The lowest BCUT2D eigenvalue weighted by Crippen LogP contribution is -2.47. The number of rotatable bonds is 1. The first-order valence-electron chi connectivity index (χ1n) is 6.06. The van der Waals surface area contributed by atoms with Crippen molar-refractivity contribution < 1.29 is 14.3 Å². The Bertz CT molecular complexity index is 465. The first-order valence-corrected chi connectivity index (χ1v) is 7.11. The van der Waals surface area contributed by atoms with E-state index in [9.17, 15) is 4.79 Å². The lowest BCUT2D eigenvalue weighted by atomic mass is 10.2. The van der Waals surface area contributed by atoms with Gasteiger partial charge >= 0.3 is 0 Å². The summed E-state index contributed by atoms with van der Waals surface area (Å²) < 4.78 is 11.3. The first kappa shape index (κ1) is 11.7. The number of thioether (sulfide) groups is 1. The van der Waals surface area contributed by atoms with E-state index in [0.29, 0.717) is 18.1 Å². The van der Waals surface area contributed by atoms with Gasteiger partial charge in [0.15, 0.2) is 11.5 Å². The van der Waals surface area contributed by atoms with Crippen molar-refractivity contribution >= 4 is 17.7 Å². The normalized spacial score (nSPS) is 26.2. The van der Waals surface area contributed by atoms with Crippen LogP contribution >= 0.6 is 11.8 Å². The van der Waals surface area contributed by atoms with E-state index in [1.807, 2.05) is 36.1 Å². The third-order valence-corrected chi connectivity index (χ3v) is 4.35. The molecular weight excluding hydrogens is 250 g/mol. The lowest BCUT2D eigenvalue weighted by Gasteiger charge is -2.30. The van der Waals surface area contributed by atoms with Crippen LogP contribution in [-0.4, -0.2) is 41.2 Å². The lowest BCUT2D eigenvalue weighted by molar-refractivity contribution is -0.141. The molecule has 1 aromatic rings. The Morgan fingerprint density at radius 3 is 2.89 bits per heavy atom. The Hall–Kier alpha value is -1.36. The zero-order valence-corrected chi connectivity index (χ0v) is 11.0. The van der Waals surface area contributed by atoms with Gasteiger partial charge in [-0.15, -0.1) is 11.8 Å². The van der Waals surface area contributed by atoms with Crippen LogP contribution in [0.5, 0.6) is 11.5 Å². The van der Waals surface area contributed by atoms with Crippen molar-refractivity contribution in [1.82, 2.24) is 4.90 Å². The number of nitrogens with zero attached hydrogens (tertiary/aromatic N) is 1. The number of fused-ring (bicyclic) bond motifs is 1. The fraction of sp³-hybridized carbons (Fsp3) is 0.462. The number of benzene rings is 1. The highest BCUT2D eigenvalue weighted by atomic mass is 32.2. The van der Waals surface area contributed by atoms with E-state index in [4.69, 9.17) is 9.47 Å². The van der Waals surface area contributed by atoms with Crippen LogP contribution in [0, 0.1) is 0 Å². The Morgan fingerprint density at radius 1 is 1.39 bits per heavy atom. The molecule has 1 saturated heterocycles. The predicted octanol–water partition coefficient (Wildman–Crippen LogP) is 1.75. The highest BCUT2D eigenvalue weighted by molar-refractivity contribution is 8.00. The highest BCUT2D eigenvalue weighted by Crippen LogP contribution is 2.32. The number of hydrogen-bond acceptors (Lipinski definition) is 4. The average molecular weight is 265 g/mol. The predicted molar refractivity (Wildman–Crippen MR) is 70.0 cm³/mol. The largest absolute Gasteiger partial charge is 0.485 e. The number of hydrogen-bond donors (Lipinski definition) is 0. The van der Waals surface area contributed by atoms with Gasteiger partial charge in [0.05, 0.1) is 5.37 Å². The number of ether oxygens (including phenoxy) is 2. The second-order valence-electron chi connectivity index (χ2n) is 4.37. The average Bonchev–Trinajstić information content (AvgIpc) is 2.83. The molecule has 1 fully saturated rings. The molecule has 2 atom stereocenters. The van der Waals surface area contributed by atoms with E-state index in [1.54, 1.807) is 11.8 Å². The quantitative estimate of drug-likeness (QED) is 0.775. The van der Waals surface area contributed by atoms with E-state index >= 15 is 0 Å². The maximum atomic E-state index is 12.3. The van der Waals surface area contributed by atoms with Crippen molar-refractivity contribution in [3.05, 3.63) is 24.3 Å². The molecule has 2 aliphatic heterocycles. The molecule has 0 aromatic heterocycles. The van der Waals surface area contributed by atoms with Gasteiger partial charge < -0.3 is 14.4 Å².